The molecule has 5 rings (SSSR count). The average molecular weight is 506 g/mol. The highest BCUT2D eigenvalue weighted by Gasteiger charge is 2.39. The molecule has 1 aromatic carbocycles. The maximum Gasteiger partial charge on any atom is 0.326 e. The zero-order valence-electron chi connectivity index (χ0n) is 21.5. The third-order valence-corrected chi connectivity index (χ3v) is 7.53. The second kappa shape index (κ2) is 10.3. The second-order valence-corrected chi connectivity index (χ2v) is 9.98. The van der Waals surface area contributed by atoms with Crippen molar-refractivity contribution in [3.63, 3.8) is 0 Å². The predicted molar refractivity (Wildman–Crippen MR) is 144 cm³/mol. The summed E-state index contributed by atoms with van der Waals surface area (Å²) in [6, 6.07) is 7.60. The summed E-state index contributed by atoms with van der Waals surface area (Å²) in [5, 5.41) is 3.26. The first-order valence-electron chi connectivity index (χ1n) is 12.7. The number of nitrogens with zero attached hydrogens (tertiary/aromatic N) is 7. The summed E-state index contributed by atoms with van der Waals surface area (Å²) >= 11 is 0. The summed E-state index contributed by atoms with van der Waals surface area (Å²) in [7, 11) is 3.87. The van der Waals surface area contributed by atoms with E-state index >= 15 is 0 Å². The number of nitrogens with two attached hydrogens (primary N) is 1. The molecule has 3 amide bonds. The lowest BCUT2D eigenvalue weighted by molar-refractivity contribution is -0.127. The van der Waals surface area contributed by atoms with Crippen LogP contribution in [-0.4, -0.2) is 102 Å². The molecule has 0 bridgehead atoms. The van der Waals surface area contributed by atoms with Gasteiger partial charge in [0, 0.05) is 75.5 Å². The number of piperidine rings is 1. The van der Waals surface area contributed by atoms with Gasteiger partial charge in [0.05, 0.1) is 12.6 Å². The second-order valence-electron chi connectivity index (χ2n) is 9.98. The van der Waals surface area contributed by atoms with Crippen LogP contribution in [0.15, 0.2) is 43.1 Å². The maximum atomic E-state index is 13.3. The lowest BCUT2D eigenvalue weighted by Crippen LogP contribution is -2.62. The number of rotatable bonds is 5. The number of amides is 3. The van der Waals surface area contributed by atoms with Gasteiger partial charge in [0.25, 0.3) is 0 Å². The molecule has 196 valence electrons. The summed E-state index contributed by atoms with van der Waals surface area (Å²) in [5.74, 6) is 0.886. The van der Waals surface area contributed by atoms with E-state index in [2.05, 4.69) is 50.8 Å². The predicted octanol–water partition coefficient (Wildman–Crippen LogP) is 1.46. The number of carbonyl (C=O) groups excluding carboxylic acids is 2. The normalized spacial score (nSPS) is 22.6. The first-order chi connectivity index (χ1) is 17.8. The Labute approximate surface area is 217 Å². The van der Waals surface area contributed by atoms with Gasteiger partial charge in [-0.15, -0.1) is 0 Å². The van der Waals surface area contributed by atoms with E-state index in [4.69, 9.17) is 5.73 Å². The molecule has 0 saturated carbocycles. The van der Waals surface area contributed by atoms with E-state index < -0.39 is 0 Å². The number of urea groups is 1. The standard InChI is InChI=1S/C26H35N9O2/c1-4-23(36)34-10-9-22(21(27)17-34)35-16-18-15-28-25(30-24(18)32(3)26(35)37)29-19-5-7-20(8-6-19)33-13-11-31(2)12-14-33/h4-8,15,21-22H,1,9-14,16-17,27H2,2-3H3,(H,28,29,30)/t21-,22?/m0/s1. The van der Waals surface area contributed by atoms with Crippen LogP contribution in [0.4, 0.5) is 27.9 Å². The minimum atomic E-state index is -0.341. The zero-order valence-corrected chi connectivity index (χ0v) is 21.5. The number of hydrogen-bond acceptors (Lipinski definition) is 8. The van der Waals surface area contributed by atoms with E-state index in [0.717, 1.165) is 37.4 Å². The van der Waals surface area contributed by atoms with Gasteiger partial charge >= 0.3 is 6.03 Å². The molecule has 11 heteroatoms. The molecule has 3 N–H and O–H groups in total. The van der Waals surface area contributed by atoms with Gasteiger partial charge < -0.3 is 30.7 Å². The summed E-state index contributed by atoms with van der Waals surface area (Å²) in [6.45, 7) is 9.02. The van der Waals surface area contributed by atoms with Crippen LogP contribution in [0.3, 0.4) is 0 Å². The highest BCUT2D eigenvalue weighted by atomic mass is 16.2. The Kier molecular flexibility index (Phi) is 6.98. The number of nitrogens with one attached hydrogen (secondary N) is 1. The summed E-state index contributed by atoms with van der Waals surface area (Å²) < 4.78 is 0. The minimum Gasteiger partial charge on any atom is -0.369 e. The Bertz CT molecular complexity index is 1160. The van der Waals surface area contributed by atoms with Crippen molar-refractivity contribution >= 4 is 35.1 Å². The van der Waals surface area contributed by atoms with Gasteiger partial charge in [-0.25, -0.2) is 9.78 Å². The topological polar surface area (TPSA) is 114 Å². The molecule has 3 aliphatic rings. The van der Waals surface area contributed by atoms with Crippen LogP contribution in [0.25, 0.3) is 0 Å². The lowest BCUT2D eigenvalue weighted by atomic mass is 9.97. The quantitative estimate of drug-likeness (QED) is 0.587. The Balaban J connectivity index is 1.26. The molecular weight excluding hydrogens is 470 g/mol. The number of fused-ring (bicyclic) bond motifs is 1. The SMILES string of the molecule is C=CC(=O)N1CCC(N2Cc3cnc(Nc4ccc(N5CCN(C)CC5)cc4)nc3N(C)C2=O)[C@@H](N)C1. The van der Waals surface area contributed by atoms with Crippen LogP contribution in [0.1, 0.15) is 12.0 Å². The van der Waals surface area contributed by atoms with Crippen LogP contribution in [0, 0.1) is 0 Å². The van der Waals surface area contributed by atoms with E-state index in [9.17, 15) is 9.59 Å². The number of likely N-dealkylation sites (tertiary alicyclic amines) is 1. The van der Waals surface area contributed by atoms with Crippen molar-refractivity contribution in [2.24, 2.45) is 5.73 Å². The first kappa shape index (κ1) is 25.0. The number of benzene rings is 1. The fourth-order valence-electron chi connectivity index (χ4n) is 5.29. The van der Waals surface area contributed by atoms with Crippen molar-refractivity contribution in [3.8, 4) is 0 Å². The lowest BCUT2D eigenvalue weighted by Gasteiger charge is -2.45. The van der Waals surface area contributed by atoms with Crippen LogP contribution >= 0.6 is 0 Å². The van der Waals surface area contributed by atoms with Gasteiger partial charge in [-0.3, -0.25) is 9.69 Å². The van der Waals surface area contributed by atoms with Gasteiger partial charge in [-0.2, -0.15) is 4.98 Å². The Morgan fingerprint density at radius 1 is 1.14 bits per heavy atom. The highest BCUT2D eigenvalue weighted by molar-refractivity contribution is 5.93. The summed E-state index contributed by atoms with van der Waals surface area (Å²) in [5.41, 5.74) is 9.35. The number of hydrogen-bond donors (Lipinski definition) is 2. The van der Waals surface area contributed by atoms with Crippen LogP contribution in [0.5, 0.6) is 0 Å². The van der Waals surface area contributed by atoms with E-state index in [0.29, 0.717) is 37.8 Å². The molecule has 2 saturated heterocycles. The van der Waals surface area contributed by atoms with Gasteiger partial charge in [0.2, 0.25) is 11.9 Å². The Morgan fingerprint density at radius 2 is 1.86 bits per heavy atom. The van der Waals surface area contributed by atoms with Crippen molar-refractivity contribution in [1.29, 1.82) is 0 Å². The molecule has 4 heterocycles. The minimum absolute atomic E-state index is 0.135. The Hall–Kier alpha value is -3.70. The fourth-order valence-corrected chi connectivity index (χ4v) is 5.29. The van der Waals surface area contributed by atoms with Gasteiger partial charge in [-0.05, 0) is 43.8 Å². The fraction of sp³-hybridized carbons (Fsp3) is 0.462. The third-order valence-electron chi connectivity index (χ3n) is 7.53. The monoisotopic (exact) mass is 505 g/mol. The van der Waals surface area contributed by atoms with E-state index in [-0.39, 0.29) is 24.0 Å². The smallest absolute Gasteiger partial charge is 0.326 e. The van der Waals surface area contributed by atoms with E-state index in [1.54, 1.807) is 27.9 Å². The Morgan fingerprint density at radius 3 is 2.54 bits per heavy atom. The maximum absolute atomic E-state index is 13.3. The average Bonchev–Trinajstić information content (AvgIpc) is 2.91. The van der Waals surface area contributed by atoms with Crippen LogP contribution < -0.4 is 20.9 Å². The molecule has 0 spiro atoms. The summed E-state index contributed by atoms with van der Waals surface area (Å²) in [6.07, 6.45) is 3.68. The van der Waals surface area contributed by atoms with Crippen molar-refractivity contribution < 1.29 is 9.59 Å². The van der Waals surface area contributed by atoms with Crippen LogP contribution in [0.2, 0.25) is 0 Å². The molecule has 2 aromatic rings. The van der Waals surface area contributed by atoms with Crippen molar-refractivity contribution in [2.45, 2.75) is 25.0 Å². The highest BCUT2D eigenvalue weighted by Crippen LogP contribution is 2.30. The molecule has 0 radical (unpaired) electrons. The first-order valence-corrected chi connectivity index (χ1v) is 12.7. The number of aromatic nitrogens is 2. The van der Waals surface area contributed by atoms with Gasteiger partial charge in [0.15, 0.2) is 0 Å². The number of anilines is 4. The van der Waals surface area contributed by atoms with E-state index in [1.165, 1.54) is 11.8 Å². The zero-order chi connectivity index (χ0) is 26.1. The third kappa shape index (κ3) is 5.09. The van der Waals surface area contributed by atoms with Gasteiger partial charge in [-0.1, -0.05) is 6.58 Å². The number of carbonyl (C=O) groups is 2. The number of likely N-dealkylation sites (N-methyl/N-ethyl adjacent to an activating group) is 1. The van der Waals surface area contributed by atoms with Crippen molar-refractivity contribution in [3.05, 3.63) is 48.7 Å². The molecule has 1 unspecified atom stereocenters. The molecule has 3 aliphatic heterocycles. The molecule has 2 atom stereocenters. The van der Waals surface area contributed by atoms with Crippen molar-refractivity contribution in [2.75, 3.05) is 68.5 Å². The molecule has 11 nitrogen and oxygen atoms in total. The summed E-state index contributed by atoms with van der Waals surface area (Å²) in [4.78, 5) is 44.2. The molecule has 37 heavy (non-hydrogen) atoms. The molecular formula is C26H35N9O2. The largest absolute Gasteiger partial charge is 0.369 e. The molecule has 1 aromatic heterocycles. The van der Waals surface area contributed by atoms with E-state index in [1.807, 2.05) is 12.1 Å². The van der Waals surface area contributed by atoms with Gasteiger partial charge in [0.1, 0.15) is 5.82 Å². The van der Waals surface area contributed by atoms with Crippen LogP contribution in [-0.2, 0) is 11.3 Å². The molecule has 2 fully saturated rings. The molecule has 0 aliphatic carbocycles. The number of piperazine rings is 1. The van der Waals surface area contributed by atoms with Crippen molar-refractivity contribution in [1.82, 2.24) is 24.7 Å².